The smallest absolute Gasteiger partial charge is 0.194 e. The molecule has 1 N–H and O–H groups in total. The predicted octanol–water partition coefficient (Wildman–Crippen LogP) is 5.17. The second-order valence-corrected chi connectivity index (χ2v) is 11.5. The van der Waals surface area contributed by atoms with Crippen molar-refractivity contribution in [3.8, 4) is 11.3 Å². The van der Waals surface area contributed by atoms with Crippen molar-refractivity contribution in [1.82, 2.24) is 15.0 Å². The fourth-order valence-electron chi connectivity index (χ4n) is 5.63. The molecule has 0 radical (unpaired) electrons. The Kier molecular flexibility index (Phi) is 7.31. The highest BCUT2D eigenvalue weighted by atomic mass is 32.1. The molecule has 3 aromatic carbocycles. The number of nitrogens with zero attached hydrogens (tertiary/aromatic N) is 3. The van der Waals surface area contributed by atoms with E-state index < -0.39 is 54.2 Å². The zero-order valence-electron chi connectivity index (χ0n) is 22.3. The van der Waals surface area contributed by atoms with Crippen molar-refractivity contribution in [2.45, 2.75) is 43.2 Å². The van der Waals surface area contributed by atoms with Crippen LogP contribution < -0.4 is 0 Å². The zero-order valence-corrected chi connectivity index (χ0v) is 23.2. The van der Waals surface area contributed by atoms with Gasteiger partial charge in [0.15, 0.2) is 29.5 Å². The lowest BCUT2D eigenvalue weighted by Crippen LogP contribution is -2.61. The van der Waals surface area contributed by atoms with Crippen LogP contribution in [0.2, 0.25) is 0 Å². The number of ether oxygens (including phenoxy) is 3. The molecular weight excluding hydrogens is 583 g/mol. The van der Waals surface area contributed by atoms with Gasteiger partial charge >= 0.3 is 0 Å². The second-order valence-electron chi connectivity index (χ2n) is 10.5. The molecule has 7 rings (SSSR count). The fourth-order valence-corrected chi connectivity index (χ4v) is 6.49. The predicted molar refractivity (Wildman–Crippen MR) is 150 cm³/mol. The van der Waals surface area contributed by atoms with Crippen LogP contribution in [0.1, 0.15) is 23.5 Å². The van der Waals surface area contributed by atoms with Gasteiger partial charge in [-0.2, -0.15) is 0 Å². The largest absolute Gasteiger partial charge is 0.388 e. The molecule has 2 aliphatic heterocycles. The second kappa shape index (κ2) is 11.3. The average Bonchev–Trinajstić information content (AvgIpc) is 3.69. The monoisotopic (exact) mass is 607 g/mol. The van der Waals surface area contributed by atoms with Crippen LogP contribution in [0.4, 0.5) is 13.2 Å². The van der Waals surface area contributed by atoms with Gasteiger partial charge in [0.2, 0.25) is 0 Å². The number of carbonyl (C=O) groups is 1. The van der Waals surface area contributed by atoms with Crippen molar-refractivity contribution in [1.29, 1.82) is 0 Å². The lowest BCUT2D eigenvalue weighted by molar-refractivity contribution is -0.312. The number of aliphatic hydroxyl groups is 1. The third kappa shape index (κ3) is 5.25. The van der Waals surface area contributed by atoms with Gasteiger partial charge in [-0.15, -0.1) is 16.4 Å². The number of fused-ring (bicyclic) bond motifs is 2. The zero-order chi connectivity index (χ0) is 29.7. The highest BCUT2D eigenvalue weighted by Crippen LogP contribution is 2.40. The van der Waals surface area contributed by atoms with E-state index >= 15 is 0 Å². The van der Waals surface area contributed by atoms with E-state index in [1.807, 2.05) is 60.0 Å². The van der Waals surface area contributed by atoms with Crippen LogP contribution in [0.15, 0.2) is 78.3 Å². The maximum absolute atomic E-state index is 14.0. The van der Waals surface area contributed by atoms with Crippen LogP contribution in [0, 0.1) is 17.5 Å². The molecule has 0 aliphatic carbocycles. The molecule has 43 heavy (non-hydrogen) atoms. The van der Waals surface area contributed by atoms with Crippen molar-refractivity contribution in [3.05, 3.63) is 107 Å². The van der Waals surface area contributed by atoms with Crippen molar-refractivity contribution in [2.75, 3.05) is 6.61 Å². The van der Waals surface area contributed by atoms with E-state index in [0.29, 0.717) is 0 Å². The Morgan fingerprint density at radius 3 is 2.60 bits per heavy atom. The van der Waals surface area contributed by atoms with Gasteiger partial charge in [0.05, 0.1) is 12.8 Å². The number of aromatic nitrogens is 3. The van der Waals surface area contributed by atoms with E-state index in [-0.39, 0.29) is 30.1 Å². The van der Waals surface area contributed by atoms with Gasteiger partial charge in [-0.1, -0.05) is 47.7 Å². The summed E-state index contributed by atoms with van der Waals surface area (Å²) >= 11 is 1.57. The molecule has 0 amide bonds. The van der Waals surface area contributed by atoms with Gasteiger partial charge in [0.25, 0.3) is 0 Å². The standard InChI is InChI=1S/C31H24F3N3O5S/c32-20-12-19(13-21(33)26(20)34)22-14-37(36-35-22)27-28(39)29(23(38)10-16-6-7-17-8-9-43-25(17)11-16)41-24-15-40-31(42-30(24)27)18-4-2-1-3-5-18/h1-9,11-14,24,27-31,39H,10,15H2/t24-,27-,28-,29+,30+,31+/m1/s1. The van der Waals surface area contributed by atoms with E-state index in [4.69, 9.17) is 14.2 Å². The Labute approximate surface area is 247 Å². The van der Waals surface area contributed by atoms with E-state index in [1.54, 1.807) is 11.3 Å². The SMILES string of the molecule is O=C(Cc1ccc2ccsc2c1)[C@@H]1O[C@@H]2CO[C@H](c3ccccc3)O[C@@H]2[C@H](n2cc(-c3cc(F)c(F)c(F)c3)nn2)[C@H]1O. The highest BCUT2D eigenvalue weighted by molar-refractivity contribution is 7.17. The Morgan fingerprint density at radius 1 is 1.02 bits per heavy atom. The van der Waals surface area contributed by atoms with Gasteiger partial charge in [0.1, 0.15) is 36.2 Å². The normalized spacial score (nSPS) is 25.5. The Hall–Kier alpha value is -3.94. The van der Waals surface area contributed by atoms with Gasteiger partial charge in [-0.3, -0.25) is 4.79 Å². The summed E-state index contributed by atoms with van der Waals surface area (Å²) < 4.78 is 62.2. The molecular formula is C31H24F3N3O5S. The Morgan fingerprint density at radius 2 is 1.81 bits per heavy atom. The first-order chi connectivity index (χ1) is 20.9. The summed E-state index contributed by atoms with van der Waals surface area (Å²) in [6.07, 6.45) is -3.67. The molecule has 0 spiro atoms. The van der Waals surface area contributed by atoms with Crippen molar-refractivity contribution >= 4 is 27.2 Å². The molecule has 8 nitrogen and oxygen atoms in total. The third-order valence-electron chi connectivity index (χ3n) is 7.76. The molecule has 2 aromatic heterocycles. The van der Waals surface area contributed by atoms with Crippen LogP contribution in [0.25, 0.3) is 21.3 Å². The molecule has 0 saturated carbocycles. The molecule has 4 heterocycles. The number of Topliss-reactive ketones (excluding diaryl/α,β-unsaturated/α-hetero) is 1. The van der Waals surface area contributed by atoms with Crippen LogP contribution in [0.5, 0.6) is 0 Å². The topological polar surface area (TPSA) is 95.7 Å². The summed E-state index contributed by atoms with van der Waals surface area (Å²) in [6.45, 7) is 0.0638. The maximum atomic E-state index is 14.0. The van der Waals surface area contributed by atoms with E-state index in [1.165, 1.54) is 10.9 Å². The minimum Gasteiger partial charge on any atom is -0.388 e. The third-order valence-corrected chi connectivity index (χ3v) is 8.64. The Balaban J connectivity index is 1.21. The van der Waals surface area contributed by atoms with Crippen LogP contribution in [0.3, 0.4) is 0 Å². The van der Waals surface area contributed by atoms with Gasteiger partial charge in [-0.05, 0) is 40.6 Å². The van der Waals surface area contributed by atoms with Gasteiger partial charge < -0.3 is 19.3 Å². The van der Waals surface area contributed by atoms with E-state index in [2.05, 4.69) is 10.3 Å². The molecule has 2 aliphatic rings. The molecule has 5 aromatic rings. The number of benzene rings is 3. The molecule has 0 bridgehead atoms. The molecule has 2 saturated heterocycles. The van der Waals surface area contributed by atoms with Gasteiger partial charge in [0, 0.05) is 22.2 Å². The average molecular weight is 608 g/mol. The number of thiophene rings is 1. The lowest BCUT2D eigenvalue weighted by Gasteiger charge is -2.47. The highest BCUT2D eigenvalue weighted by Gasteiger charge is 2.52. The number of halogens is 3. The quantitative estimate of drug-likeness (QED) is 0.266. The van der Waals surface area contributed by atoms with E-state index in [9.17, 15) is 23.1 Å². The van der Waals surface area contributed by atoms with Crippen LogP contribution in [-0.4, -0.2) is 56.9 Å². The Bertz CT molecular complexity index is 1770. The van der Waals surface area contributed by atoms with Crippen LogP contribution >= 0.6 is 11.3 Å². The minimum absolute atomic E-state index is 0.0186. The number of carbonyl (C=O) groups excluding carboxylic acids is 1. The number of hydrogen-bond donors (Lipinski definition) is 1. The maximum Gasteiger partial charge on any atom is 0.194 e. The molecule has 0 unspecified atom stereocenters. The number of aliphatic hydroxyl groups excluding tert-OH is 1. The summed E-state index contributed by atoms with van der Waals surface area (Å²) in [5.41, 5.74) is 1.50. The summed E-state index contributed by atoms with van der Waals surface area (Å²) in [5, 5.41) is 22.8. The summed E-state index contributed by atoms with van der Waals surface area (Å²) in [5.74, 6) is -4.69. The first-order valence-electron chi connectivity index (χ1n) is 13.6. The van der Waals surface area contributed by atoms with Gasteiger partial charge in [-0.25, -0.2) is 17.9 Å². The van der Waals surface area contributed by atoms with Crippen molar-refractivity contribution < 1.29 is 37.3 Å². The summed E-state index contributed by atoms with van der Waals surface area (Å²) in [4.78, 5) is 13.6. The first-order valence-corrected chi connectivity index (χ1v) is 14.4. The number of hydrogen-bond acceptors (Lipinski definition) is 8. The van der Waals surface area contributed by atoms with Crippen molar-refractivity contribution in [3.63, 3.8) is 0 Å². The van der Waals surface area contributed by atoms with E-state index in [0.717, 1.165) is 33.3 Å². The number of rotatable bonds is 6. The molecule has 2 fully saturated rings. The number of ketones is 1. The lowest BCUT2D eigenvalue weighted by atomic mass is 9.88. The fraction of sp³-hybridized carbons (Fsp3) is 0.258. The van der Waals surface area contributed by atoms with Crippen LogP contribution in [-0.2, 0) is 25.4 Å². The minimum atomic E-state index is -1.60. The molecule has 6 atom stereocenters. The summed E-state index contributed by atoms with van der Waals surface area (Å²) in [6, 6.07) is 17.6. The van der Waals surface area contributed by atoms with Crippen molar-refractivity contribution in [2.24, 2.45) is 0 Å². The molecule has 220 valence electrons. The molecule has 12 heteroatoms. The first kappa shape index (κ1) is 27.9. The summed E-state index contributed by atoms with van der Waals surface area (Å²) in [7, 11) is 0.